The maximum absolute atomic E-state index is 13.3. The first-order valence-corrected chi connectivity index (χ1v) is 8.24. The molecule has 0 saturated heterocycles. The Bertz CT molecular complexity index is 1020. The molecule has 1 unspecified atom stereocenters. The van der Waals surface area contributed by atoms with E-state index in [9.17, 15) is 9.18 Å². The van der Waals surface area contributed by atoms with Gasteiger partial charge >= 0.3 is 6.03 Å². The van der Waals surface area contributed by atoms with Crippen molar-refractivity contribution in [2.24, 2.45) is 5.41 Å². The Morgan fingerprint density at radius 3 is 2.82 bits per heavy atom. The Morgan fingerprint density at radius 2 is 2.18 bits per heavy atom. The summed E-state index contributed by atoms with van der Waals surface area (Å²) >= 11 is 0. The van der Waals surface area contributed by atoms with Crippen LogP contribution in [0.4, 0.5) is 14.9 Å². The third-order valence-corrected chi connectivity index (χ3v) is 3.81. The van der Waals surface area contributed by atoms with Gasteiger partial charge in [-0.05, 0) is 23.6 Å². The molecule has 1 aromatic carbocycles. The molecular weight excluding hydrogens is 367 g/mol. The fraction of sp³-hybridized carbons (Fsp3) is 0.294. The van der Waals surface area contributed by atoms with Crippen molar-refractivity contribution in [2.45, 2.75) is 26.8 Å². The second-order valence-electron chi connectivity index (χ2n) is 6.99. The molecule has 28 heavy (non-hydrogen) atoms. The van der Waals surface area contributed by atoms with Crippen LogP contribution in [0.3, 0.4) is 0 Å². The first-order chi connectivity index (χ1) is 13.3. The zero-order valence-electron chi connectivity index (χ0n) is 15.3. The van der Waals surface area contributed by atoms with E-state index in [1.54, 1.807) is 0 Å². The van der Waals surface area contributed by atoms with Gasteiger partial charge in [0.2, 0.25) is 11.7 Å². The van der Waals surface area contributed by atoms with Crippen LogP contribution in [0, 0.1) is 22.6 Å². The lowest BCUT2D eigenvalue weighted by molar-refractivity contribution is 0.204. The number of amides is 2. The van der Waals surface area contributed by atoms with Gasteiger partial charge in [0.05, 0.1) is 11.3 Å². The highest BCUT2D eigenvalue weighted by Crippen LogP contribution is 2.32. The maximum Gasteiger partial charge on any atom is 0.319 e. The second-order valence-corrected chi connectivity index (χ2v) is 6.99. The Balaban J connectivity index is 1.80. The fourth-order valence-electron chi connectivity index (χ4n) is 2.42. The molecular formula is C17H17FN8O2. The number of anilines is 1. The molecule has 3 rings (SSSR count). The van der Waals surface area contributed by atoms with Crippen LogP contribution in [-0.4, -0.2) is 31.4 Å². The predicted molar refractivity (Wildman–Crippen MR) is 95.1 cm³/mol. The average Bonchev–Trinajstić information content (AvgIpc) is 3.31. The van der Waals surface area contributed by atoms with E-state index in [1.807, 2.05) is 26.8 Å². The van der Waals surface area contributed by atoms with Crippen molar-refractivity contribution < 1.29 is 13.7 Å². The van der Waals surface area contributed by atoms with Crippen LogP contribution >= 0.6 is 0 Å². The van der Waals surface area contributed by atoms with Crippen molar-refractivity contribution in [3.8, 4) is 17.7 Å². The van der Waals surface area contributed by atoms with Crippen LogP contribution in [0.15, 0.2) is 29.0 Å². The normalized spacial score (nSPS) is 12.2. The molecule has 0 fully saturated rings. The summed E-state index contributed by atoms with van der Waals surface area (Å²) in [7, 11) is 0. The number of benzene rings is 1. The monoisotopic (exact) mass is 384 g/mol. The minimum Gasteiger partial charge on any atom is -0.337 e. The molecule has 0 aliphatic carbocycles. The van der Waals surface area contributed by atoms with Crippen molar-refractivity contribution in [3.63, 3.8) is 0 Å². The molecule has 1 atom stereocenters. The van der Waals surface area contributed by atoms with Gasteiger partial charge in [0, 0.05) is 0 Å². The van der Waals surface area contributed by atoms with Gasteiger partial charge in [-0.25, -0.2) is 14.2 Å². The molecule has 0 spiro atoms. The number of carbonyl (C=O) groups excluding carboxylic acids is 1. The highest BCUT2D eigenvalue weighted by molar-refractivity contribution is 5.91. The number of aromatic nitrogens is 5. The topological polar surface area (TPSA) is 145 Å². The Labute approximate surface area is 159 Å². The number of carbonyl (C=O) groups is 1. The summed E-state index contributed by atoms with van der Waals surface area (Å²) < 4.78 is 18.6. The lowest BCUT2D eigenvalue weighted by Crippen LogP contribution is -2.39. The molecule has 2 heterocycles. The van der Waals surface area contributed by atoms with Crippen LogP contribution < -0.4 is 10.6 Å². The summed E-state index contributed by atoms with van der Waals surface area (Å²) in [4.78, 5) is 20.7. The van der Waals surface area contributed by atoms with E-state index in [0.717, 1.165) is 12.1 Å². The van der Waals surface area contributed by atoms with Crippen LogP contribution in [-0.2, 0) is 0 Å². The van der Waals surface area contributed by atoms with Crippen molar-refractivity contribution in [2.75, 3.05) is 5.32 Å². The van der Waals surface area contributed by atoms with Crippen molar-refractivity contribution in [1.82, 2.24) is 30.6 Å². The summed E-state index contributed by atoms with van der Waals surface area (Å²) in [6.45, 7) is 5.65. The molecule has 11 heteroatoms. The Hall–Kier alpha value is -3.81. The van der Waals surface area contributed by atoms with Crippen molar-refractivity contribution >= 4 is 11.7 Å². The molecule has 0 aliphatic heterocycles. The van der Waals surface area contributed by atoms with Gasteiger partial charge in [-0.1, -0.05) is 25.9 Å². The second kappa shape index (κ2) is 7.43. The van der Waals surface area contributed by atoms with E-state index in [0.29, 0.717) is 5.82 Å². The SMILES string of the molecule is CC(C)(C)C(NC(=O)Nc1ccc(F)cc1C#N)c1nc(-c2ncn[nH]2)no1. The third-order valence-electron chi connectivity index (χ3n) is 3.81. The molecule has 144 valence electrons. The van der Waals surface area contributed by atoms with Crippen LogP contribution in [0.1, 0.15) is 38.3 Å². The summed E-state index contributed by atoms with van der Waals surface area (Å²) in [5, 5.41) is 24.6. The minimum atomic E-state index is -0.650. The average molecular weight is 384 g/mol. The minimum absolute atomic E-state index is 0.00727. The first-order valence-electron chi connectivity index (χ1n) is 8.24. The van der Waals surface area contributed by atoms with E-state index in [2.05, 4.69) is 36.0 Å². The Morgan fingerprint density at radius 1 is 1.39 bits per heavy atom. The number of nitrogens with one attached hydrogen (secondary N) is 3. The predicted octanol–water partition coefficient (Wildman–Crippen LogP) is 2.77. The number of hydrogen-bond acceptors (Lipinski definition) is 7. The number of hydrogen-bond donors (Lipinski definition) is 3. The summed E-state index contributed by atoms with van der Waals surface area (Å²) in [6, 6.07) is 4.08. The van der Waals surface area contributed by atoms with E-state index in [1.165, 1.54) is 12.4 Å². The van der Waals surface area contributed by atoms with Gasteiger partial charge < -0.3 is 15.2 Å². The number of nitrogens with zero attached hydrogens (tertiary/aromatic N) is 5. The van der Waals surface area contributed by atoms with E-state index in [4.69, 9.17) is 9.78 Å². The van der Waals surface area contributed by atoms with E-state index < -0.39 is 23.3 Å². The van der Waals surface area contributed by atoms with E-state index in [-0.39, 0.29) is 23.0 Å². The zero-order chi connectivity index (χ0) is 20.3. The number of aromatic amines is 1. The number of rotatable bonds is 4. The molecule has 0 bridgehead atoms. The van der Waals surface area contributed by atoms with Crippen molar-refractivity contribution in [1.29, 1.82) is 5.26 Å². The van der Waals surface area contributed by atoms with Crippen LogP contribution in [0.5, 0.6) is 0 Å². The molecule has 2 amide bonds. The molecule has 10 nitrogen and oxygen atoms in total. The number of nitriles is 1. The summed E-state index contributed by atoms with van der Waals surface area (Å²) in [6.07, 6.45) is 1.31. The van der Waals surface area contributed by atoms with Crippen LogP contribution in [0.2, 0.25) is 0 Å². The standard InChI is InChI=1S/C17H17FN8O2/c1-17(2,3)12(15-24-14(26-28-15)13-20-8-21-25-13)23-16(27)22-11-5-4-10(18)6-9(11)7-19/h4-6,8,12H,1-3H3,(H,20,21,25)(H2,22,23,27). The van der Waals surface area contributed by atoms with Gasteiger partial charge in [-0.3, -0.25) is 5.10 Å². The van der Waals surface area contributed by atoms with Gasteiger partial charge in [0.15, 0.2) is 5.82 Å². The fourth-order valence-corrected chi connectivity index (χ4v) is 2.42. The molecule has 0 radical (unpaired) electrons. The quantitative estimate of drug-likeness (QED) is 0.627. The number of H-pyrrole nitrogens is 1. The van der Waals surface area contributed by atoms with Gasteiger partial charge in [-0.2, -0.15) is 15.3 Å². The molecule has 3 N–H and O–H groups in total. The summed E-state index contributed by atoms with van der Waals surface area (Å²) in [5.41, 5.74) is -0.293. The van der Waals surface area contributed by atoms with Crippen LogP contribution in [0.25, 0.3) is 11.6 Å². The highest BCUT2D eigenvalue weighted by atomic mass is 19.1. The first kappa shape index (κ1) is 19.0. The van der Waals surface area contributed by atoms with Crippen molar-refractivity contribution in [3.05, 3.63) is 41.8 Å². The third kappa shape index (κ3) is 4.12. The van der Waals surface area contributed by atoms with E-state index >= 15 is 0 Å². The van der Waals surface area contributed by atoms with Gasteiger partial charge in [0.25, 0.3) is 0 Å². The zero-order valence-corrected chi connectivity index (χ0v) is 15.3. The number of halogens is 1. The number of urea groups is 1. The molecule has 2 aromatic heterocycles. The smallest absolute Gasteiger partial charge is 0.319 e. The molecule has 0 saturated carbocycles. The largest absolute Gasteiger partial charge is 0.337 e. The van der Waals surface area contributed by atoms with Gasteiger partial charge in [-0.15, -0.1) is 0 Å². The summed E-state index contributed by atoms with van der Waals surface area (Å²) in [5.74, 6) is 0.140. The highest BCUT2D eigenvalue weighted by Gasteiger charge is 2.33. The maximum atomic E-state index is 13.3. The molecule has 0 aliphatic rings. The Kier molecular flexibility index (Phi) is 5.04. The van der Waals surface area contributed by atoms with Gasteiger partial charge in [0.1, 0.15) is 24.3 Å². The molecule has 3 aromatic rings. The lowest BCUT2D eigenvalue weighted by Gasteiger charge is -2.28. The lowest BCUT2D eigenvalue weighted by atomic mass is 9.86.